The summed E-state index contributed by atoms with van der Waals surface area (Å²) in [6.45, 7) is 5.37. The number of aromatic nitrogens is 1. The van der Waals surface area contributed by atoms with Gasteiger partial charge in [-0.25, -0.2) is 0 Å². The fraction of sp³-hybridized carbons (Fsp3) is 0.400. The van der Waals surface area contributed by atoms with Gasteiger partial charge in [-0.1, -0.05) is 17.3 Å². The SMILES string of the molecule is C=C1CCN(C(=O)c2ccno2)CC1. The van der Waals surface area contributed by atoms with Gasteiger partial charge in [0.05, 0.1) is 6.20 Å². The molecule has 0 atom stereocenters. The van der Waals surface area contributed by atoms with E-state index in [1.54, 1.807) is 11.0 Å². The normalized spacial score (nSPS) is 17.1. The van der Waals surface area contributed by atoms with Crippen LogP contribution in [0.25, 0.3) is 0 Å². The van der Waals surface area contributed by atoms with Gasteiger partial charge in [-0.15, -0.1) is 0 Å². The summed E-state index contributed by atoms with van der Waals surface area (Å²) < 4.78 is 4.81. The standard InChI is InChI=1S/C10H12N2O2/c1-8-3-6-12(7-4-8)10(13)9-2-5-11-14-9/h2,5H,1,3-4,6-7H2. The van der Waals surface area contributed by atoms with E-state index in [0.717, 1.165) is 25.9 Å². The molecule has 0 spiro atoms. The first-order valence-corrected chi connectivity index (χ1v) is 4.64. The number of carbonyl (C=O) groups excluding carboxylic acids is 1. The van der Waals surface area contributed by atoms with Gasteiger partial charge in [0.2, 0.25) is 5.76 Å². The molecule has 0 bridgehead atoms. The van der Waals surface area contributed by atoms with Crippen molar-refractivity contribution in [3.05, 3.63) is 30.2 Å². The molecule has 4 heteroatoms. The molecule has 0 aliphatic carbocycles. The Kier molecular flexibility index (Phi) is 2.35. The molecule has 14 heavy (non-hydrogen) atoms. The first-order valence-electron chi connectivity index (χ1n) is 4.64. The zero-order valence-corrected chi connectivity index (χ0v) is 7.90. The van der Waals surface area contributed by atoms with Gasteiger partial charge in [0, 0.05) is 19.2 Å². The Morgan fingerprint density at radius 2 is 2.21 bits per heavy atom. The molecule has 1 aromatic heterocycles. The summed E-state index contributed by atoms with van der Waals surface area (Å²) in [4.78, 5) is 13.5. The molecule has 2 rings (SSSR count). The van der Waals surface area contributed by atoms with Crippen molar-refractivity contribution in [3.8, 4) is 0 Å². The topological polar surface area (TPSA) is 46.3 Å². The molecule has 0 unspecified atom stereocenters. The van der Waals surface area contributed by atoms with Gasteiger partial charge in [0.25, 0.3) is 5.91 Å². The average molecular weight is 192 g/mol. The number of carbonyl (C=O) groups is 1. The van der Waals surface area contributed by atoms with Crippen LogP contribution in [0.1, 0.15) is 23.4 Å². The quantitative estimate of drug-likeness (QED) is 0.633. The summed E-state index contributed by atoms with van der Waals surface area (Å²) in [5.74, 6) is 0.243. The Balaban J connectivity index is 2.03. The highest BCUT2D eigenvalue weighted by Crippen LogP contribution is 2.16. The minimum Gasteiger partial charge on any atom is -0.351 e. The molecule has 1 aliphatic heterocycles. The smallest absolute Gasteiger partial charge is 0.292 e. The summed E-state index contributed by atoms with van der Waals surface area (Å²) in [6.07, 6.45) is 3.26. The highest BCUT2D eigenvalue weighted by molar-refractivity contribution is 5.91. The van der Waals surface area contributed by atoms with Gasteiger partial charge in [0.1, 0.15) is 0 Å². The number of rotatable bonds is 1. The van der Waals surface area contributed by atoms with Crippen LogP contribution >= 0.6 is 0 Å². The second-order valence-corrected chi connectivity index (χ2v) is 3.42. The van der Waals surface area contributed by atoms with E-state index in [4.69, 9.17) is 4.52 Å². The predicted molar refractivity (Wildman–Crippen MR) is 50.8 cm³/mol. The van der Waals surface area contributed by atoms with E-state index in [0.29, 0.717) is 5.76 Å². The van der Waals surface area contributed by atoms with Crippen LogP contribution < -0.4 is 0 Å². The first-order chi connectivity index (χ1) is 6.77. The van der Waals surface area contributed by atoms with Crippen molar-refractivity contribution in [1.29, 1.82) is 0 Å². The van der Waals surface area contributed by atoms with Crippen LogP contribution in [0.3, 0.4) is 0 Å². The predicted octanol–water partition coefficient (Wildman–Crippen LogP) is 1.47. The van der Waals surface area contributed by atoms with E-state index in [1.165, 1.54) is 11.8 Å². The van der Waals surface area contributed by atoms with Crippen molar-refractivity contribution < 1.29 is 9.32 Å². The summed E-state index contributed by atoms with van der Waals surface area (Å²) in [5.41, 5.74) is 1.21. The van der Waals surface area contributed by atoms with Crippen molar-refractivity contribution in [1.82, 2.24) is 10.1 Å². The molecule has 1 aliphatic rings. The van der Waals surface area contributed by atoms with Crippen LogP contribution in [0.2, 0.25) is 0 Å². The first kappa shape index (κ1) is 8.99. The van der Waals surface area contributed by atoms with Crippen LogP contribution in [0.5, 0.6) is 0 Å². The van der Waals surface area contributed by atoms with Crippen LogP contribution in [0.4, 0.5) is 0 Å². The van der Waals surface area contributed by atoms with Crippen molar-refractivity contribution in [3.63, 3.8) is 0 Å². The Morgan fingerprint density at radius 1 is 1.50 bits per heavy atom. The Labute approximate surface area is 82.2 Å². The van der Waals surface area contributed by atoms with Crippen LogP contribution in [0.15, 0.2) is 28.9 Å². The van der Waals surface area contributed by atoms with Crippen molar-refractivity contribution in [2.24, 2.45) is 0 Å². The second-order valence-electron chi connectivity index (χ2n) is 3.42. The third-order valence-electron chi connectivity index (χ3n) is 2.41. The number of amides is 1. The van der Waals surface area contributed by atoms with Gasteiger partial charge in [-0.3, -0.25) is 4.79 Å². The highest BCUT2D eigenvalue weighted by atomic mass is 16.5. The lowest BCUT2D eigenvalue weighted by molar-refractivity contribution is 0.0702. The molecule has 0 radical (unpaired) electrons. The van der Waals surface area contributed by atoms with Gasteiger partial charge in [-0.2, -0.15) is 0 Å². The lowest BCUT2D eigenvalue weighted by Gasteiger charge is -2.26. The summed E-state index contributed by atoms with van der Waals surface area (Å²) in [6, 6.07) is 1.59. The fourth-order valence-corrected chi connectivity index (χ4v) is 1.51. The highest BCUT2D eigenvalue weighted by Gasteiger charge is 2.21. The van der Waals surface area contributed by atoms with E-state index in [2.05, 4.69) is 11.7 Å². The van der Waals surface area contributed by atoms with Crippen molar-refractivity contribution in [2.75, 3.05) is 13.1 Å². The number of hydrogen-bond donors (Lipinski definition) is 0. The molecule has 1 saturated heterocycles. The second kappa shape index (κ2) is 3.65. The number of hydrogen-bond acceptors (Lipinski definition) is 3. The Morgan fingerprint density at radius 3 is 2.79 bits per heavy atom. The zero-order chi connectivity index (χ0) is 9.97. The van der Waals surface area contributed by atoms with E-state index in [9.17, 15) is 4.79 Å². The minimum absolute atomic E-state index is 0.0741. The molecule has 74 valence electrons. The molecule has 1 aromatic rings. The largest absolute Gasteiger partial charge is 0.351 e. The number of likely N-dealkylation sites (tertiary alicyclic amines) is 1. The molecule has 1 amide bonds. The van der Waals surface area contributed by atoms with Crippen molar-refractivity contribution in [2.45, 2.75) is 12.8 Å². The van der Waals surface area contributed by atoms with Crippen LogP contribution in [0, 0.1) is 0 Å². The zero-order valence-electron chi connectivity index (χ0n) is 7.90. The summed E-state index contributed by atoms with van der Waals surface area (Å²) in [7, 11) is 0. The third kappa shape index (κ3) is 1.69. The van der Waals surface area contributed by atoms with Gasteiger partial charge in [0.15, 0.2) is 0 Å². The Hall–Kier alpha value is -1.58. The maximum atomic E-state index is 11.7. The average Bonchev–Trinajstić information content (AvgIpc) is 2.71. The van der Waals surface area contributed by atoms with Crippen LogP contribution in [-0.4, -0.2) is 29.1 Å². The maximum absolute atomic E-state index is 11.7. The minimum atomic E-state index is -0.0741. The third-order valence-corrected chi connectivity index (χ3v) is 2.41. The molecule has 0 N–H and O–H groups in total. The van der Waals surface area contributed by atoms with Gasteiger partial charge >= 0.3 is 0 Å². The monoisotopic (exact) mass is 192 g/mol. The van der Waals surface area contributed by atoms with E-state index in [-0.39, 0.29) is 5.91 Å². The molecule has 2 heterocycles. The summed E-state index contributed by atoms with van der Waals surface area (Å²) >= 11 is 0. The fourth-order valence-electron chi connectivity index (χ4n) is 1.51. The molecule has 4 nitrogen and oxygen atoms in total. The molecular formula is C10H12N2O2. The molecular weight excluding hydrogens is 180 g/mol. The molecule has 0 saturated carbocycles. The van der Waals surface area contributed by atoms with Crippen molar-refractivity contribution >= 4 is 5.91 Å². The van der Waals surface area contributed by atoms with E-state index in [1.807, 2.05) is 0 Å². The lowest BCUT2D eigenvalue weighted by Crippen LogP contribution is -2.35. The number of piperidine rings is 1. The van der Waals surface area contributed by atoms with Gasteiger partial charge in [-0.05, 0) is 12.8 Å². The number of nitrogens with zero attached hydrogens (tertiary/aromatic N) is 2. The maximum Gasteiger partial charge on any atom is 0.292 e. The van der Waals surface area contributed by atoms with Crippen LogP contribution in [-0.2, 0) is 0 Å². The van der Waals surface area contributed by atoms with Gasteiger partial charge < -0.3 is 9.42 Å². The summed E-state index contributed by atoms with van der Waals surface area (Å²) in [5, 5.41) is 3.51. The Bertz CT molecular complexity index is 333. The van der Waals surface area contributed by atoms with E-state index < -0.39 is 0 Å². The van der Waals surface area contributed by atoms with E-state index >= 15 is 0 Å². The molecule has 0 aromatic carbocycles. The lowest BCUT2D eigenvalue weighted by atomic mass is 10.1. The molecule has 1 fully saturated rings.